The minimum atomic E-state index is -3.43. The molecule has 4 N–H and O–H groups in total. The van der Waals surface area contributed by atoms with Crippen molar-refractivity contribution in [3.8, 4) is 0 Å². The molecule has 0 atom stereocenters. The zero-order chi connectivity index (χ0) is 12.2. The highest BCUT2D eigenvalue weighted by molar-refractivity contribution is 14.1. The van der Waals surface area contributed by atoms with Crippen molar-refractivity contribution in [1.29, 1.82) is 0 Å². The van der Waals surface area contributed by atoms with Crippen LogP contribution in [0, 0.1) is 3.57 Å². The van der Waals surface area contributed by atoms with Crippen LogP contribution in [0.4, 0.5) is 5.82 Å². The Morgan fingerprint density at radius 2 is 2.25 bits per heavy atom. The molecular weight excluding hydrogens is 347 g/mol. The van der Waals surface area contributed by atoms with Gasteiger partial charge in [-0.3, -0.25) is 4.79 Å². The minimum absolute atomic E-state index is 0.0975. The molecule has 1 heterocycles. The first kappa shape index (κ1) is 13.4. The summed E-state index contributed by atoms with van der Waals surface area (Å²) in [7, 11) is -3.43. The zero-order valence-corrected chi connectivity index (χ0v) is 11.2. The van der Waals surface area contributed by atoms with E-state index in [2.05, 4.69) is 15.3 Å². The molecule has 0 aliphatic heterocycles. The highest BCUT2D eigenvalue weighted by atomic mass is 127. The zero-order valence-electron chi connectivity index (χ0n) is 8.23. The lowest BCUT2D eigenvalue weighted by Gasteiger charge is -2.05. The van der Waals surface area contributed by atoms with Crippen LogP contribution in [-0.4, -0.2) is 30.7 Å². The van der Waals surface area contributed by atoms with E-state index in [0.717, 1.165) is 0 Å². The van der Waals surface area contributed by atoms with Crippen molar-refractivity contribution in [2.45, 2.75) is 6.42 Å². The first-order chi connectivity index (χ1) is 7.40. The summed E-state index contributed by atoms with van der Waals surface area (Å²) < 4.78 is 21.7. The van der Waals surface area contributed by atoms with Crippen molar-refractivity contribution < 1.29 is 8.42 Å². The average Bonchev–Trinajstić information content (AvgIpc) is 2.17. The van der Waals surface area contributed by atoms with Crippen molar-refractivity contribution in [3.63, 3.8) is 0 Å². The summed E-state index contributed by atoms with van der Waals surface area (Å²) in [6.07, 6.45) is 1.65. The predicted octanol–water partition coefficient (Wildman–Crippen LogP) is -0.535. The number of aromatic amines is 1. The van der Waals surface area contributed by atoms with Gasteiger partial charge in [0.25, 0.3) is 5.56 Å². The number of primary sulfonamides is 1. The van der Waals surface area contributed by atoms with Crippen molar-refractivity contribution in [2.75, 3.05) is 17.6 Å². The van der Waals surface area contributed by atoms with Gasteiger partial charge in [0, 0.05) is 6.54 Å². The molecule has 0 fully saturated rings. The van der Waals surface area contributed by atoms with Gasteiger partial charge in [-0.25, -0.2) is 18.5 Å². The van der Waals surface area contributed by atoms with Gasteiger partial charge in [-0.2, -0.15) is 0 Å². The summed E-state index contributed by atoms with van der Waals surface area (Å²) in [5.41, 5.74) is -0.232. The summed E-state index contributed by atoms with van der Waals surface area (Å²) in [4.78, 5) is 17.5. The van der Waals surface area contributed by atoms with E-state index in [1.807, 2.05) is 22.6 Å². The summed E-state index contributed by atoms with van der Waals surface area (Å²) in [5, 5.41) is 7.71. The van der Waals surface area contributed by atoms with Crippen LogP contribution in [0.25, 0.3) is 0 Å². The van der Waals surface area contributed by atoms with Gasteiger partial charge >= 0.3 is 0 Å². The van der Waals surface area contributed by atoms with E-state index in [-0.39, 0.29) is 11.3 Å². The van der Waals surface area contributed by atoms with E-state index in [1.54, 1.807) is 0 Å². The second-order valence-electron chi connectivity index (χ2n) is 3.04. The van der Waals surface area contributed by atoms with Gasteiger partial charge in [-0.15, -0.1) is 0 Å². The van der Waals surface area contributed by atoms with Crippen LogP contribution < -0.4 is 16.0 Å². The summed E-state index contributed by atoms with van der Waals surface area (Å²) in [6, 6.07) is 0. The molecule has 90 valence electrons. The minimum Gasteiger partial charge on any atom is -0.369 e. The molecule has 0 aliphatic rings. The van der Waals surface area contributed by atoms with Crippen LogP contribution in [-0.2, 0) is 10.0 Å². The molecule has 1 aromatic rings. The number of rotatable bonds is 5. The third-order valence-corrected chi connectivity index (χ3v) is 3.55. The molecule has 0 spiro atoms. The fourth-order valence-corrected chi connectivity index (χ4v) is 2.02. The second-order valence-corrected chi connectivity index (χ2v) is 5.85. The Labute approximate surface area is 106 Å². The molecule has 0 unspecified atom stereocenters. The Morgan fingerprint density at radius 1 is 1.56 bits per heavy atom. The molecule has 0 radical (unpaired) electrons. The van der Waals surface area contributed by atoms with Crippen LogP contribution in [0.2, 0.25) is 0 Å². The van der Waals surface area contributed by atoms with Crippen molar-refractivity contribution in [2.24, 2.45) is 5.14 Å². The fraction of sp³-hybridized carbons (Fsp3) is 0.429. The maximum absolute atomic E-state index is 11.2. The molecule has 0 saturated carbocycles. The van der Waals surface area contributed by atoms with E-state index >= 15 is 0 Å². The summed E-state index contributed by atoms with van der Waals surface area (Å²) >= 11 is 1.86. The van der Waals surface area contributed by atoms with E-state index in [1.165, 1.54) is 6.33 Å². The van der Waals surface area contributed by atoms with Gasteiger partial charge in [0.1, 0.15) is 9.39 Å². The second kappa shape index (κ2) is 5.59. The number of hydrogen-bond donors (Lipinski definition) is 3. The largest absolute Gasteiger partial charge is 0.369 e. The topological polar surface area (TPSA) is 118 Å². The van der Waals surface area contributed by atoms with Crippen LogP contribution in [0.15, 0.2) is 11.1 Å². The summed E-state index contributed by atoms with van der Waals surface area (Å²) in [5.74, 6) is 0.346. The average molecular weight is 358 g/mol. The maximum atomic E-state index is 11.2. The van der Waals surface area contributed by atoms with Gasteiger partial charge in [0.05, 0.1) is 12.1 Å². The number of halogens is 1. The number of aromatic nitrogens is 2. The standard InChI is InChI=1S/C7H11IN4O3S/c8-5-6(11-4-12-7(5)13)10-2-1-3-16(9,14)15/h4H,1-3H2,(H2,9,14,15)(H2,10,11,12,13). The first-order valence-electron chi connectivity index (χ1n) is 4.37. The number of sulfonamides is 1. The maximum Gasteiger partial charge on any atom is 0.266 e. The number of anilines is 1. The molecule has 9 heteroatoms. The van der Waals surface area contributed by atoms with Crippen molar-refractivity contribution in [3.05, 3.63) is 20.3 Å². The molecule has 0 aliphatic carbocycles. The molecule has 1 rings (SSSR count). The van der Waals surface area contributed by atoms with Crippen molar-refractivity contribution in [1.82, 2.24) is 9.97 Å². The molecule has 0 bridgehead atoms. The predicted molar refractivity (Wildman–Crippen MR) is 68.7 cm³/mol. The number of hydrogen-bond acceptors (Lipinski definition) is 5. The van der Waals surface area contributed by atoms with Gasteiger partial charge in [0.15, 0.2) is 0 Å². The van der Waals surface area contributed by atoms with Gasteiger partial charge in [-0.05, 0) is 29.0 Å². The lowest BCUT2D eigenvalue weighted by molar-refractivity contribution is 0.595. The lowest BCUT2D eigenvalue weighted by Crippen LogP contribution is -2.20. The van der Waals surface area contributed by atoms with E-state index in [9.17, 15) is 13.2 Å². The van der Waals surface area contributed by atoms with E-state index in [0.29, 0.717) is 22.4 Å². The lowest BCUT2D eigenvalue weighted by atomic mass is 10.4. The SMILES string of the molecule is NS(=O)(=O)CCCNc1nc[nH]c(=O)c1I. The van der Waals surface area contributed by atoms with Crippen LogP contribution in [0.1, 0.15) is 6.42 Å². The van der Waals surface area contributed by atoms with Crippen LogP contribution in [0.3, 0.4) is 0 Å². The molecule has 0 aromatic carbocycles. The van der Waals surface area contributed by atoms with Crippen molar-refractivity contribution >= 4 is 38.4 Å². The third kappa shape index (κ3) is 4.45. The first-order valence-corrected chi connectivity index (χ1v) is 7.17. The molecule has 0 amide bonds. The Bertz CT molecular complexity index is 513. The molecule has 16 heavy (non-hydrogen) atoms. The third-order valence-electron chi connectivity index (χ3n) is 1.69. The highest BCUT2D eigenvalue weighted by Crippen LogP contribution is 2.08. The molecular formula is C7H11IN4O3S. The molecule has 0 saturated heterocycles. The van der Waals surface area contributed by atoms with E-state index in [4.69, 9.17) is 5.14 Å². The number of H-pyrrole nitrogens is 1. The summed E-state index contributed by atoms with van der Waals surface area (Å²) in [6.45, 7) is 0.392. The molecule has 1 aromatic heterocycles. The van der Waals surface area contributed by atoms with Gasteiger partial charge < -0.3 is 10.3 Å². The number of nitrogens with two attached hydrogens (primary N) is 1. The fourth-order valence-electron chi connectivity index (χ4n) is 0.986. The Morgan fingerprint density at radius 3 is 2.88 bits per heavy atom. The highest BCUT2D eigenvalue weighted by Gasteiger charge is 2.05. The Kier molecular flexibility index (Phi) is 4.68. The Hall–Kier alpha value is -0.680. The quantitative estimate of drug-likeness (QED) is 0.483. The Balaban J connectivity index is 2.50. The normalized spacial score (nSPS) is 11.4. The van der Waals surface area contributed by atoms with E-state index < -0.39 is 10.0 Å². The van der Waals surface area contributed by atoms with Gasteiger partial charge in [0.2, 0.25) is 10.0 Å². The van der Waals surface area contributed by atoms with Crippen LogP contribution >= 0.6 is 22.6 Å². The van der Waals surface area contributed by atoms with Crippen LogP contribution in [0.5, 0.6) is 0 Å². The number of nitrogens with one attached hydrogen (secondary N) is 2. The van der Waals surface area contributed by atoms with Gasteiger partial charge in [-0.1, -0.05) is 0 Å². The number of nitrogens with zero attached hydrogens (tertiary/aromatic N) is 1. The monoisotopic (exact) mass is 358 g/mol. The molecule has 7 nitrogen and oxygen atoms in total. The smallest absolute Gasteiger partial charge is 0.266 e.